The molecule has 0 saturated heterocycles. The highest BCUT2D eigenvalue weighted by molar-refractivity contribution is 6.68. The molecule has 1 fully saturated rings. The van der Waals surface area contributed by atoms with Crippen molar-refractivity contribution in [3.05, 3.63) is 46.5 Å². The number of carbonyl (C=O) groups is 1. The summed E-state index contributed by atoms with van der Waals surface area (Å²) in [5.74, 6) is -0.501. The van der Waals surface area contributed by atoms with Crippen LogP contribution in [-0.4, -0.2) is 9.70 Å². The van der Waals surface area contributed by atoms with Gasteiger partial charge in [-0.2, -0.15) is 0 Å². The van der Waals surface area contributed by atoms with Crippen molar-refractivity contribution in [3.63, 3.8) is 0 Å². The molecule has 7 heteroatoms. The highest BCUT2D eigenvalue weighted by Gasteiger charge is 2.61. The number of halogens is 5. The van der Waals surface area contributed by atoms with E-state index >= 15 is 0 Å². The fourth-order valence-corrected chi connectivity index (χ4v) is 3.67. The van der Waals surface area contributed by atoms with Crippen LogP contribution in [0.2, 0.25) is 0 Å². The summed E-state index contributed by atoms with van der Waals surface area (Å²) in [6.07, 6.45) is 1.68. The second-order valence-electron chi connectivity index (χ2n) is 6.18. The number of benzene rings is 1. The fourth-order valence-electron chi connectivity index (χ4n) is 2.86. The zero-order valence-corrected chi connectivity index (χ0v) is 16.3. The summed E-state index contributed by atoms with van der Waals surface area (Å²) in [6.45, 7) is 3.95. The van der Waals surface area contributed by atoms with Crippen molar-refractivity contribution < 1.29 is 4.79 Å². The van der Waals surface area contributed by atoms with Crippen molar-refractivity contribution >= 4 is 63.9 Å². The van der Waals surface area contributed by atoms with Gasteiger partial charge >= 0.3 is 0 Å². The summed E-state index contributed by atoms with van der Waals surface area (Å²) in [5, 5.41) is 2.84. The Morgan fingerprint density at radius 3 is 2.26 bits per heavy atom. The number of hydrogen-bond donors (Lipinski definition) is 1. The van der Waals surface area contributed by atoms with Crippen molar-refractivity contribution in [2.24, 2.45) is 17.3 Å². The molecular weight excluding hydrogens is 399 g/mol. The number of amides is 1. The lowest BCUT2D eigenvalue weighted by Gasteiger charge is -2.26. The van der Waals surface area contributed by atoms with Gasteiger partial charge in [-0.3, -0.25) is 4.79 Å². The van der Waals surface area contributed by atoms with Crippen LogP contribution >= 0.6 is 58.0 Å². The normalized spacial score (nSPS) is 23.8. The first kappa shape index (κ1) is 19.2. The van der Waals surface area contributed by atoms with Gasteiger partial charge in [0.2, 0.25) is 9.70 Å². The third-order valence-electron chi connectivity index (χ3n) is 4.25. The van der Waals surface area contributed by atoms with E-state index in [1.54, 1.807) is 18.2 Å². The topological polar surface area (TPSA) is 29.1 Å². The van der Waals surface area contributed by atoms with Gasteiger partial charge in [0.25, 0.3) is 0 Å². The van der Waals surface area contributed by atoms with Crippen molar-refractivity contribution in [1.82, 2.24) is 5.32 Å². The molecule has 2 rings (SSSR count). The van der Waals surface area contributed by atoms with Crippen molar-refractivity contribution in [2.45, 2.75) is 23.7 Å². The van der Waals surface area contributed by atoms with Crippen LogP contribution < -0.4 is 5.32 Å². The number of rotatable bonds is 4. The van der Waals surface area contributed by atoms with E-state index in [1.807, 2.05) is 32.0 Å². The Hall–Kier alpha value is -0.120. The van der Waals surface area contributed by atoms with Gasteiger partial charge < -0.3 is 5.32 Å². The summed E-state index contributed by atoms with van der Waals surface area (Å²) < 4.78 is -1.51. The Morgan fingerprint density at radius 2 is 1.78 bits per heavy atom. The molecule has 0 bridgehead atoms. The molecule has 126 valence electrons. The van der Waals surface area contributed by atoms with Gasteiger partial charge in [-0.25, -0.2) is 0 Å². The highest BCUT2D eigenvalue weighted by atomic mass is 35.6. The minimum absolute atomic E-state index is 0.0423. The molecule has 3 atom stereocenters. The predicted molar refractivity (Wildman–Crippen MR) is 98.2 cm³/mol. The number of allylic oxidation sites excluding steroid dienone is 1. The number of hydrogen-bond acceptors (Lipinski definition) is 1. The number of nitrogens with one attached hydrogen (secondary N) is 1. The molecule has 1 aromatic rings. The van der Waals surface area contributed by atoms with Crippen LogP contribution in [0.25, 0.3) is 0 Å². The van der Waals surface area contributed by atoms with Crippen molar-refractivity contribution in [3.8, 4) is 0 Å². The molecule has 0 aromatic heterocycles. The quantitative estimate of drug-likeness (QED) is 0.618. The maximum atomic E-state index is 12.6. The van der Waals surface area contributed by atoms with E-state index in [9.17, 15) is 4.79 Å². The average Bonchev–Trinajstić information content (AvgIpc) is 2.96. The van der Waals surface area contributed by atoms with Gasteiger partial charge in [0.05, 0.1) is 5.92 Å². The van der Waals surface area contributed by atoms with Crippen LogP contribution in [0.3, 0.4) is 0 Å². The highest BCUT2D eigenvalue weighted by Crippen LogP contribution is 2.60. The first-order chi connectivity index (χ1) is 10.5. The molecule has 0 unspecified atom stereocenters. The Balaban J connectivity index is 2.19. The van der Waals surface area contributed by atoms with Crippen molar-refractivity contribution in [2.75, 3.05) is 0 Å². The monoisotopic (exact) mass is 413 g/mol. The van der Waals surface area contributed by atoms with Crippen LogP contribution in [0.4, 0.5) is 0 Å². The molecule has 1 amide bonds. The molecule has 1 aliphatic rings. The Kier molecular flexibility index (Phi) is 5.86. The predicted octanol–water partition coefficient (Wildman–Crippen LogP) is 5.81. The van der Waals surface area contributed by atoms with E-state index in [-0.39, 0.29) is 27.6 Å². The average molecular weight is 416 g/mol. The van der Waals surface area contributed by atoms with E-state index in [0.29, 0.717) is 0 Å². The van der Waals surface area contributed by atoms with Gasteiger partial charge in [-0.1, -0.05) is 102 Å². The summed E-state index contributed by atoms with van der Waals surface area (Å²) in [7, 11) is 0. The zero-order chi connectivity index (χ0) is 17.4. The summed E-state index contributed by atoms with van der Waals surface area (Å²) in [4.78, 5) is 12.6. The Labute approximate surface area is 161 Å². The van der Waals surface area contributed by atoms with E-state index < -0.39 is 9.83 Å². The van der Waals surface area contributed by atoms with E-state index in [2.05, 4.69) is 5.32 Å². The maximum Gasteiger partial charge on any atom is 0.224 e. The third-order valence-corrected chi connectivity index (χ3v) is 5.15. The minimum Gasteiger partial charge on any atom is -0.345 e. The molecule has 0 spiro atoms. The van der Waals surface area contributed by atoms with E-state index in [0.717, 1.165) is 5.56 Å². The minimum atomic E-state index is -1.66. The maximum absolute atomic E-state index is 12.6. The Morgan fingerprint density at radius 1 is 1.22 bits per heavy atom. The lowest BCUT2D eigenvalue weighted by molar-refractivity contribution is -0.123. The van der Waals surface area contributed by atoms with Gasteiger partial charge in [-0.15, -0.1) is 0 Å². The third kappa shape index (κ3) is 4.49. The van der Waals surface area contributed by atoms with Crippen LogP contribution in [0.1, 0.15) is 25.5 Å². The number of carbonyl (C=O) groups excluding carboxylic acids is 1. The van der Waals surface area contributed by atoms with Gasteiger partial charge in [0.15, 0.2) is 0 Å². The summed E-state index contributed by atoms with van der Waals surface area (Å²) >= 11 is 29.6. The molecule has 1 aliphatic carbocycles. The lowest BCUT2D eigenvalue weighted by Crippen LogP contribution is -2.38. The second kappa shape index (κ2) is 7.01. The second-order valence-corrected chi connectivity index (χ2v) is 9.55. The molecule has 0 aliphatic heterocycles. The van der Waals surface area contributed by atoms with Crippen molar-refractivity contribution in [1.29, 1.82) is 0 Å². The van der Waals surface area contributed by atoms with Crippen LogP contribution in [0, 0.1) is 17.3 Å². The van der Waals surface area contributed by atoms with E-state index in [4.69, 9.17) is 58.0 Å². The van der Waals surface area contributed by atoms with Crippen LogP contribution in [-0.2, 0) is 4.79 Å². The van der Waals surface area contributed by atoms with Crippen LogP contribution in [0.5, 0.6) is 0 Å². The summed E-state index contributed by atoms with van der Waals surface area (Å²) in [5.41, 5.74) is 0.482. The zero-order valence-electron chi connectivity index (χ0n) is 12.5. The first-order valence-electron chi connectivity index (χ1n) is 7.00. The largest absolute Gasteiger partial charge is 0.345 e. The summed E-state index contributed by atoms with van der Waals surface area (Å²) in [6, 6.07) is 8.37. The Bertz CT molecular complexity index is 605. The lowest BCUT2D eigenvalue weighted by atomic mass is 10.1. The molecular formula is C16H16Cl5NO. The number of alkyl halides is 3. The first-order valence-corrected chi connectivity index (χ1v) is 8.89. The molecule has 0 heterocycles. The van der Waals surface area contributed by atoms with Crippen LogP contribution in [0.15, 0.2) is 40.9 Å². The van der Waals surface area contributed by atoms with Gasteiger partial charge in [0, 0.05) is 0 Å². The molecule has 23 heavy (non-hydrogen) atoms. The van der Waals surface area contributed by atoms with E-state index in [1.165, 1.54) is 0 Å². The molecule has 1 N–H and O–H groups in total. The van der Waals surface area contributed by atoms with Gasteiger partial charge in [0.1, 0.15) is 10.5 Å². The molecule has 1 aromatic carbocycles. The molecule has 1 saturated carbocycles. The fraction of sp³-hybridized carbons (Fsp3) is 0.438. The standard InChI is InChI=1S/C16H16Cl5NO/c1-15(2)10(8-11(17)18)12(15)14(23)22-13(16(19,20)21)9-6-4-3-5-7-9/h3-8,10,12-13H,1-2H3,(H,22,23)/t10-,12+,13-/m1/s1. The SMILES string of the molecule is CC1(C)[C@H](C=C(Cl)Cl)[C@H]1C(=O)N[C@H](c1ccccc1)C(Cl)(Cl)Cl. The smallest absolute Gasteiger partial charge is 0.224 e. The molecule has 2 nitrogen and oxygen atoms in total. The molecule has 0 radical (unpaired) electrons. The van der Waals surface area contributed by atoms with Gasteiger partial charge in [-0.05, 0) is 23.0 Å².